The van der Waals surface area contributed by atoms with E-state index in [9.17, 15) is 9.59 Å². The van der Waals surface area contributed by atoms with Gasteiger partial charge in [-0.3, -0.25) is 9.59 Å². The molecule has 166 valence electrons. The number of benzene rings is 2. The zero-order valence-electron chi connectivity index (χ0n) is 18.0. The molecule has 32 heavy (non-hydrogen) atoms. The highest BCUT2D eigenvalue weighted by Crippen LogP contribution is 2.24. The minimum Gasteiger partial charge on any atom is -0.378 e. The molecular formula is C25H27N3O3S. The van der Waals surface area contributed by atoms with E-state index in [-0.39, 0.29) is 11.8 Å². The van der Waals surface area contributed by atoms with E-state index in [1.807, 2.05) is 60.8 Å². The maximum Gasteiger partial charge on any atom is 0.262 e. The van der Waals surface area contributed by atoms with Crippen LogP contribution in [0.25, 0.3) is 0 Å². The van der Waals surface area contributed by atoms with Gasteiger partial charge in [-0.05, 0) is 47.7 Å². The molecule has 1 fully saturated rings. The fourth-order valence-corrected chi connectivity index (χ4v) is 4.35. The number of anilines is 2. The van der Waals surface area contributed by atoms with Crippen LogP contribution in [-0.4, -0.2) is 44.2 Å². The molecule has 2 N–H and O–H groups in total. The SMILES string of the molecule is Cc1cc(N2CCOCC2)ccc1NC(=O)C(Cc1ccccc1)NC(=O)c1cccs1. The van der Waals surface area contributed by atoms with E-state index in [0.717, 1.165) is 48.8 Å². The number of ether oxygens (including phenoxy) is 1. The van der Waals surface area contributed by atoms with Crippen LogP contribution in [0.4, 0.5) is 11.4 Å². The Morgan fingerprint density at radius 3 is 2.53 bits per heavy atom. The predicted octanol–water partition coefficient (Wildman–Crippen LogP) is 3.87. The van der Waals surface area contributed by atoms with E-state index in [0.29, 0.717) is 11.3 Å². The quantitative estimate of drug-likeness (QED) is 0.574. The van der Waals surface area contributed by atoms with Crippen LogP contribution >= 0.6 is 11.3 Å². The minimum absolute atomic E-state index is 0.235. The Kier molecular flexibility index (Phi) is 7.19. The maximum atomic E-state index is 13.2. The number of carbonyl (C=O) groups is 2. The molecule has 1 aromatic heterocycles. The van der Waals surface area contributed by atoms with Gasteiger partial charge in [0.05, 0.1) is 18.1 Å². The van der Waals surface area contributed by atoms with Crippen molar-refractivity contribution in [2.75, 3.05) is 36.5 Å². The number of nitrogens with zero attached hydrogens (tertiary/aromatic N) is 1. The lowest BCUT2D eigenvalue weighted by atomic mass is 10.0. The van der Waals surface area contributed by atoms with Crippen molar-refractivity contribution in [1.29, 1.82) is 0 Å². The molecule has 1 saturated heterocycles. The summed E-state index contributed by atoms with van der Waals surface area (Å²) in [6.07, 6.45) is 0.411. The lowest BCUT2D eigenvalue weighted by Gasteiger charge is -2.29. The highest BCUT2D eigenvalue weighted by atomic mass is 32.1. The summed E-state index contributed by atoms with van der Waals surface area (Å²) in [7, 11) is 0. The van der Waals surface area contributed by atoms with Gasteiger partial charge in [0.2, 0.25) is 5.91 Å². The average Bonchev–Trinajstić information content (AvgIpc) is 3.36. The second-order valence-corrected chi connectivity index (χ2v) is 8.73. The van der Waals surface area contributed by atoms with Gasteiger partial charge in [0.25, 0.3) is 5.91 Å². The number of morpholine rings is 1. The molecular weight excluding hydrogens is 422 g/mol. The van der Waals surface area contributed by atoms with Gasteiger partial charge < -0.3 is 20.3 Å². The van der Waals surface area contributed by atoms with Crippen molar-refractivity contribution >= 4 is 34.5 Å². The Morgan fingerprint density at radius 2 is 1.84 bits per heavy atom. The molecule has 1 unspecified atom stereocenters. The van der Waals surface area contributed by atoms with E-state index in [4.69, 9.17) is 4.74 Å². The summed E-state index contributed by atoms with van der Waals surface area (Å²) in [5, 5.41) is 7.77. The monoisotopic (exact) mass is 449 g/mol. The third kappa shape index (κ3) is 5.55. The first kappa shape index (κ1) is 22.0. The summed E-state index contributed by atoms with van der Waals surface area (Å²) in [5.41, 5.74) is 3.83. The summed E-state index contributed by atoms with van der Waals surface area (Å²) in [6, 6.07) is 18.6. The highest BCUT2D eigenvalue weighted by molar-refractivity contribution is 7.12. The van der Waals surface area contributed by atoms with Gasteiger partial charge in [0.1, 0.15) is 6.04 Å². The Bertz CT molecular complexity index is 1050. The zero-order chi connectivity index (χ0) is 22.3. The first-order valence-electron chi connectivity index (χ1n) is 10.7. The van der Waals surface area contributed by atoms with Crippen molar-refractivity contribution in [3.8, 4) is 0 Å². The molecule has 6 nitrogen and oxygen atoms in total. The van der Waals surface area contributed by atoms with Gasteiger partial charge in [0.15, 0.2) is 0 Å². The smallest absolute Gasteiger partial charge is 0.262 e. The van der Waals surface area contributed by atoms with Crippen LogP contribution in [0.1, 0.15) is 20.8 Å². The van der Waals surface area contributed by atoms with Gasteiger partial charge in [0, 0.05) is 30.9 Å². The molecule has 0 saturated carbocycles. The number of aryl methyl sites for hydroxylation is 1. The standard InChI is InChI=1S/C25H27N3O3S/c1-18-16-20(28-11-13-31-14-12-28)9-10-21(18)26-24(29)22(17-19-6-3-2-4-7-19)27-25(30)23-8-5-15-32-23/h2-10,15-16,22H,11-14,17H2,1H3,(H,26,29)(H,27,30). The summed E-state index contributed by atoms with van der Waals surface area (Å²) in [6.45, 7) is 5.15. The second kappa shape index (κ2) is 10.4. The molecule has 3 aromatic rings. The molecule has 0 spiro atoms. The number of amides is 2. The van der Waals surface area contributed by atoms with Gasteiger partial charge in [-0.1, -0.05) is 36.4 Å². The van der Waals surface area contributed by atoms with Gasteiger partial charge in [-0.15, -0.1) is 11.3 Å². The lowest BCUT2D eigenvalue weighted by molar-refractivity contribution is -0.118. The molecule has 2 heterocycles. The molecule has 1 atom stereocenters. The van der Waals surface area contributed by atoms with E-state index >= 15 is 0 Å². The van der Waals surface area contributed by atoms with Crippen LogP contribution in [0.5, 0.6) is 0 Å². The van der Waals surface area contributed by atoms with E-state index in [1.54, 1.807) is 6.07 Å². The van der Waals surface area contributed by atoms with Crippen molar-refractivity contribution in [1.82, 2.24) is 5.32 Å². The summed E-state index contributed by atoms with van der Waals surface area (Å²) in [4.78, 5) is 28.7. The van der Waals surface area contributed by atoms with E-state index < -0.39 is 6.04 Å². The largest absolute Gasteiger partial charge is 0.378 e. The van der Waals surface area contributed by atoms with Crippen LogP contribution in [0.15, 0.2) is 66.0 Å². The molecule has 1 aliphatic heterocycles. The average molecular weight is 450 g/mol. The fourth-order valence-electron chi connectivity index (χ4n) is 3.72. The topological polar surface area (TPSA) is 70.7 Å². The lowest BCUT2D eigenvalue weighted by Crippen LogP contribution is -2.45. The molecule has 4 rings (SSSR count). The number of thiophene rings is 1. The Labute approximate surface area is 192 Å². The van der Waals surface area contributed by atoms with Crippen LogP contribution in [0.3, 0.4) is 0 Å². The van der Waals surface area contributed by atoms with Crippen molar-refractivity contribution < 1.29 is 14.3 Å². The molecule has 0 bridgehead atoms. The molecule has 1 aliphatic rings. The first-order chi connectivity index (χ1) is 15.6. The van der Waals surface area contributed by atoms with Crippen molar-refractivity contribution in [3.63, 3.8) is 0 Å². The summed E-state index contributed by atoms with van der Waals surface area (Å²) >= 11 is 1.36. The molecule has 7 heteroatoms. The van der Waals surface area contributed by atoms with Crippen molar-refractivity contribution in [3.05, 3.63) is 82.0 Å². The van der Waals surface area contributed by atoms with Gasteiger partial charge in [-0.2, -0.15) is 0 Å². The predicted molar refractivity (Wildman–Crippen MR) is 129 cm³/mol. The third-order valence-electron chi connectivity index (χ3n) is 5.49. The van der Waals surface area contributed by atoms with Crippen molar-refractivity contribution in [2.24, 2.45) is 0 Å². The van der Waals surface area contributed by atoms with Crippen LogP contribution in [0.2, 0.25) is 0 Å². The number of carbonyl (C=O) groups excluding carboxylic acids is 2. The van der Waals surface area contributed by atoms with Crippen molar-refractivity contribution in [2.45, 2.75) is 19.4 Å². The molecule has 2 amide bonds. The number of hydrogen-bond donors (Lipinski definition) is 2. The highest BCUT2D eigenvalue weighted by Gasteiger charge is 2.23. The van der Waals surface area contributed by atoms with Crippen LogP contribution in [0, 0.1) is 6.92 Å². The van der Waals surface area contributed by atoms with E-state index in [1.165, 1.54) is 11.3 Å². The number of rotatable bonds is 7. The fraction of sp³-hybridized carbons (Fsp3) is 0.280. The van der Waals surface area contributed by atoms with Crippen LogP contribution in [-0.2, 0) is 16.0 Å². The first-order valence-corrected chi connectivity index (χ1v) is 11.6. The zero-order valence-corrected chi connectivity index (χ0v) is 18.9. The third-order valence-corrected chi connectivity index (χ3v) is 6.36. The molecule has 0 radical (unpaired) electrons. The molecule has 2 aromatic carbocycles. The Morgan fingerprint density at radius 1 is 1.06 bits per heavy atom. The maximum absolute atomic E-state index is 13.2. The van der Waals surface area contributed by atoms with E-state index in [2.05, 4.69) is 21.6 Å². The second-order valence-electron chi connectivity index (χ2n) is 7.78. The minimum atomic E-state index is -0.690. The number of nitrogens with one attached hydrogen (secondary N) is 2. The number of hydrogen-bond acceptors (Lipinski definition) is 5. The normalized spacial score (nSPS) is 14.6. The Hall–Kier alpha value is -3.16. The van der Waals surface area contributed by atoms with Gasteiger partial charge >= 0.3 is 0 Å². The summed E-state index contributed by atoms with van der Waals surface area (Å²) in [5.74, 6) is -0.476. The van der Waals surface area contributed by atoms with Gasteiger partial charge in [-0.25, -0.2) is 0 Å². The van der Waals surface area contributed by atoms with Crippen LogP contribution < -0.4 is 15.5 Å². The summed E-state index contributed by atoms with van der Waals surface area (Å²) < 4.78 is 5.43. The molecule has 0 aliphatic carbocycles. The Balaban J connectivity index is 1.49.